The van der Waals surface area contributed by atoms with Crippen LogP contribution in [0.5, 0.6) is 0 Å². The van der Waals surface area contributed by atoms with Gasteiger partial charge in [-0.3, -0.25) is 19.2 Å². The van der Waals surface area contributed by atoms with Gasteiger partial charge in [-0.25, -0.2) is 0 Å². The summed E-state index contributed by atoms with van der Waals surface area (Å²) in [6.45, 7) is 2.97. The molecule has 0 spiro atoms. The van der Waals surface area contributed by atoms with Gasteiger partial charge in [0.25, 0.3) is 5.91 Å². The summed E-state index contributed by atoms with van der Waals surface area (Å²) in [5, 5.41) is 17.8. The van der Waals surface area contributed by atoms with Crippen LogP contribution in [0.4, 0.5) is 11.4 Å². The SMILES string of the molecule is C[C@H](C[C@H](O)[C@H](Cc1ccccc1)NC(=O)c1cc(N2CCCC2=O)cc(N2CCCC2=O)c1)C(=O)NC1C[C@@H]2CC[C@H]1C2. The van der Waals surface area contributed by atoms with E-state index in [-0.39, 0.29) is 30.2 Å². The molecule has 2 saturated carbocycles. The van der Waals surface area contributed by atoms with Crippen LogP contribution in [0.1, 0.15) is 80.6 Å². The van der Waals surface area contributed by atoms with Crippen molar-refractivity contribution in [1.29, 1.82) is 0 Å². The Morgan fingerprint density at radius 2 is 1.59 bits per heavy atom. The number of benzene rings is 2. The van der Waals surface area contributed by atoms with Gasteiger partial charge in [0.1, 0.15) is 0 Å². The molecule has 2 aromatic carbocycles. The van der Waals surface area contributed by atoms with Gasteiger partial charge < -0.3 is 25.5 Å². The highest BCUT2D eigenvalue weighted by Gasteiger charge is 2.40. The molecule has 234 valence electrons. The van der Waals surface area contributed by atoms with Crippen LogP contribution in [0.3, 0.4) is 0 Å². The number of nitrogens with zero attached hydrogens (tertiary/aromatic N) is 2. The van der Waals surface area contributed by atoms with Gasteiger partial charge in [-0.15, -0.1) is 0 Å². The number of anilines is 2. The molecule has 9 heteroatoms. The largest absolute Gasteiger partial charge is 0.391 e. The van der Waals surface area contributed by atoms with Crippen molar-refractivity contribution < 1.29 is 24.3 Å². The molecular weight excluding hydrogens is 556 g/mol. The van der Waals surface area contributed by atoms with Crippen LogP contribution in [-0.2, 0) is 20.8 Å². The lowest BCUT2D eigenvalue weighted by Crippen LogP contribution is -2.47. The molecule has 2 saturated heterocycles. The summed E-state index contributed by atoms with van der Waals surface area (Å²) in [6.07, 6.45) is 6.70. The molecule has 2 bridgehead atoms. The molecule has 4 aliphatic rings. The first-order valence-electron chi connectivity index (χ1n) is 16.3. The van der Waals surface area contributed by atoms with E-state index in [1.165, 1.54) is 19.3 Å². The molecule has 1 unspecified atom stereocenters. The molecule has 4 amide bonds. The maximum Gasteiger partial charge on any atom is 0.251 e. The van der Waals surface area contributed by atoms with Crippen LogP contribution in [0.25, 0.3) is 0 Å². The van der Waals surface area contributed by atoms with Crippen molar-refractivity contribution in [3.63, 3.8) is 0 Å². The van der Waals surface area contributed by atoms with Crippen molar-refractivity contribution in [3.05, 3.63) is 59.7 Å². The number of nitrogens with one attached hydrogen (secondary N) is 2. The third-order valence-corrected chi connectivity index (χ3v) is 10.1. The van der Waals surface area contributed by atoms with Crippen LogP contribution in [0, 0.1) is 17.8 Å². The van der Waals surface area contributed by atoms with E-state index in [1.807, 2.05) is 43.3 Å². The van der Waals surface area contributed by atoms with Crippen molar-refractivity contribution in [2.24, 2.45) is 17.8 Å². The van der Waals surface area contributed by atoms with E-state index >= 15 is 0 Å². The summed E-state index contributed by atoms with van der Waals surface area (Å²) >= 11 is 0. The summed E-state index contributed by atoms with van der Waals surface area (Å²) in [7, 11) is 0. The van der Waals surface area contributed by atoms with Crippen molar-refractivity contribution in [1.82, 2.24) is 10.6 Å². The summed E-state index contributed by atoms with van der Waals surface area (Å²) in [5.74, 6) is 0.422. The van der Waals surface area contributed by atoms with E-state index < -0.39 is 24.0 Å². The summed E-state index contributed by atoms with van der Waals surface area (Å²) in [4.78, 5) is 55.6. The van der Waals surface area contributed by atoms with E-state index in [9.17, 15) is 24.3 Å². The average molecular weight is 601 g/mol. The first-order chi connectivity index (χ1) is 21.2. The first-order valence-corrected chi connectivity index (χ1v) is 16.3. The maximum atomic E-state index is 13.9. The first kappa shape index (κ1) is 30.3. The van der Waals surface area contributed by atoms with Crippen LogP contribution >= 0.6 is 0 Å². The van der Waals surface area contributed by atoms with Gasteiger partial charge >= 0.3 is 0 Å². The predicted molar refractivity (Wildman–Crippen MR) is 168 cm³/mol. The summed E-state index contributed by atoms with van der Waals surface area (Å²) < 4.78 is 0. The Morgan fingerprint density at radius 3 is 2.14 bits per heavy atom. The van der Waals surface area contributed by atoms with Crippen molar-refractivity contribution in [3.8, 4) is 0 Å². The minimum Gasteiger partial charge on any atom is -0.391 e. The number of fused-ring (bicyclic) bond motifs is 2. The Labute approximate surface area is 259 Å². The lowest BCUT2D eigenvalue weighted by Gasteiger charge is -2.28. The smallest absolute Gasteiger partial charge is 0.251 e. The second kappa shape index (κ2) is 13.1. The van der Waals surface area contributed by atoms with E-state index in [0.717, 1.165) is 30.7 Å². The number of rotatable bonds is 11. The third-order valence-electron chi connectivity index (χ3n) is 10.1. The minimum absolute atomic E-state index is 0.00340. The molecule has 2 aromatic rings. The molecule has 44 heavy (non-hydrogen) atoms. The fourth-order valence-electron chi connectivity index (χ4n) is 7.66. The normalized spacial score (nSPS) is 24.9. The lowest BCUT2D eigenvalue weighted by molar-refractivity contribution is -0.126. The lowest BCUT2D eigenvalue weighted by atomic mass is 9.91. The van der Waals surface area contributed by atoms with Gasteiger partial charge in [0.2, 0.25) is 17.7 Å². The molecule has 2 heterocycles. The minimum atomic E-state index is -0.970. The number of amides is 4. The van der Waals surface area contributed by atoms with E-state index in [2.05, 4.69) is 10.6 Å². The van der Waals surface area contributed by atoms with Gasteiger partial charge in [-0.2, -0.15) is 0 Å². The third kappa shape index (κ3) is 6.67. The standard InChI is InChI=1S/C35H44N4O5/c1-22(34(43)36-29-18-24-11-12-25(29)16-24)15-31(40)30(17-23-7-3-2-4-8-23)37-35(44)26-19-27(38-13-5-9-32(38)41)21-28(20-26)39-14-6-10-33(39)42/h2-4,7-8,19-22,24-25,29-31,40H,5-6,9-18H2,1H3,(H,36,43)(H,37,44)/t22-,24-,25+,29?,30+,31+/m1/s1. The Morgan fingerprint density at radius 1 is 0.932 bits per heavy atom. The number of hydrogen-bond donors (Lipinski definition) is 3. The zero-order chi connectivity index (χ0) is 30.8. The van der Waals surface area contributed by atoms with Crippen molar-refractivity contribution >= 4 is 35.0 Å². The summed E-state index contributed by atoms with van der Waals surface area (Å²) in [6, 6.07) is 14.4. The molecule has 4 fully saturated rings. The van der Waals surface area contributed by atoms with E-state index in [4.69, 9.17) is 0 Å². The number of hydrogen-bond acceptors (Lipinski definition) is 5. The van der Waals surface area contributed by atoms with E-state index in [0.29, 0.717) is 55.2 Å². The molecule has 6 rings (SSSR count). The zero-order valence-electron chi connectivity index (χ0n) is 25.5. The molecule has 6 atom stereocenters. The molecule has 2 aliphatic heterocycles. The van der Waals surface area contributed by atoms with Gasteiger partial charge in [-0.1, -0.05) is 43.7 Å². The second-order valence-corrected chi connectivity index (χ2v) is 13.3. The number of carbonyl (C=O) groups is 4. The fourth-order valence-corrected chi connectivity index (χ4v) is 7.66. The van der Waals surface area contributed by atoms with Crippen LogP contribution in [-0.4, -0.2) is 60.0 Å². The number of aliphatic hydroxyl groups is 1. The Kier molecular flexibility index (Phi) is 9.03. The van der Waals surface area contributed by atoms with E-state index in [1.54, 1.807) is 21.9 Å². The summed E-state index contributed by atoms with van der Waals surface area (Å²) in [5.41, 5.74) is 2.47. The van der Waals surface area contributed by atoms with Crippen molar-refractivity contribution in [2.75, 3.05) is 22.9 Å². The molecule has 9 nitrogen and oxygen atoms in total. The molecule has 0 radical (unpaired) electrons. The van der Waals surface area contributed by atoms with Crippen LogP contribution < -0.4 is 20.4 Å². The van der Waals surface area contributed by atoms with Crippen LogP contribution in [0.15, 0.2) is 48.5 Å². The van der Waals surface area contributed by atoms with Crippen molar-refractivity contribution in [2.45, 2.75) is 89.3 Å². The number of aliphatic hydroxyl groups excluding tert-OH is 1. The molecule has 2 aliphatic carbocycles. The Hall–Kier alpha value is -3.72. The highest BCUT2D eigenvalue weighted by molar-refractivity contribution is 6.03. The average Bonchev–Trinajstić information content (AvgIpc) is 3.83. The molecule has 3 N–H and O–H groups in total. The highest BCUT2D eigenvalue weighted by Crippen LogP contribution is 2.44. The van der Waals surface area contributed by atoms with Gasteiger partial charge in [0, 0.05) is 54.8 Å². The predicted octanol–water partition coefficient (Wildman–Crippen LogP) is 3.97. The van der Waals surface area contributed by atoms with Gasteiger partial charge in [-0.05, 0) is 80.5 Å². The Balaban J connectivity index is 1.20. The maximum absolute atomic E-state index is 13.9. The second-order valence-electron chi connectivity index (χ2n) is 13.3. The molecule has 0 aromatic heterocycles. The monoisotopic (exact) mass is 600 g/mol. The quantitative estimate of drug-likeness (QED) is 0.361. The molecular formula is C35H44N4O5. The fraction of sp³-hybridized carbons (Fsp3) is 0.543. The highest BCUT2D eigenvalue weighted by atomic mass is 16.3. The topological polar surface area (TPSA) is 119 Å². The van der Waals surface area contributed by atoms with Gasteiger partial charge in [0.05, 0.1) is 12.1 Å². The Bertz CT molecular complexity index is 1350. The van der Waals surface area contributed by atoms with Gasteiger partial charge in [0.15, 0.2) is 0 Å². The van der Waals surface area contributed by atoms with Crippen LogP contribution in [0.2, 0.25) is 0 Å². The zero-order valence-corrected chi connectivity index (χ0v) is 25.5. The number of carbonyl (C=O) groups excluding carboxylic acids is 4.